The monoisotopic (exact) mass is 269 g/mol. The van der Waals surface area contributed by atoms with Gasteiger partial charge in [-0.1, -0.05) is 12.1 Å². The van der Waals surface area contributed by atoms with Crippen molar-refractivity contribution < 1.29 is 14.2 Å². The first-order chi connectivity index (χ1) is 9.79. The molecule has 0 amide bonds. The van der Waals surface area contributed by atoms with Crippen LogP contribution in [0, 0.1) is 6.92 Å². The van der Waals surface area contributed by atoms with E-state index in [1.165, 1.54) is 5.56 Å². The van der Waals surface area contributed by atoms with Crippen LogP contribution in [0.2, 0.25) is 0 Å². The van der Waals surface area contributed by atoms with Gasteiger partial charge in [0.2, 0.25) is 6.79 Å². The summed E-state index contributed by atoms with van der Waals surface area (Å²) in [6, 6.07) is 12.3. The largest absolute Gasteiger partial charge is 0.489 e. The van der Waals surface area contributed by atoms with Gasteiger partial charge in [0, 0.05) is 0 Å². The van der Waals surface area contributed by atoms with Crippen LogP contribution in [-0.2, 0) is 0 Å². The molecule has 2 aliphatic heterocycles. The summed E-state index contributed by atoms with van der Waals surface area (Å²) in [6.45, 7) is 2.98. The second-order valence-electron chi connectivity index (χ2n) is 5.12. The topological polar surface area (TPSA) is 39.7 Å². The van der Waals surface area contributed by atoms with Gasteiger partial charge in [-0.3, -0.25) is 0 Å². The van der Waals surface area contributed by atoms with Crippen LogP contribution in [0.15, 0.2) is 36.4 Å². The average molecular weight is 269 g/mol. The van der Waals surface area contributed by atoms with E-state index < -0.39 is 0 Å². The van der Waals surface area contributed by atoms with Crippen LogP contribution in [-0.4, -0.2) is 13.4 Å². The Morgan fingerprint density at radius 1 is 0.950 bits per heavy atom. The lowest BCUT2D eigenvalue weighted by atomic mass is 10.0. The van der Waals surface area contributed by atoms with E-state index in [-0.39, 0.29) is 6.04 Å². The number of hydrogen-bond donors (Lipinski definition) is 1. The van der Waals surface area contributed by atoms with E-state index in [0.717, 1.165) is 28.5 Å². The second kappa shape index (κ2) is 4.34. The fourth-order valence-electron chi connectivity index (χ4n) is 2.59. The Labute approximate surface area is 117 Å². The summed E-state index contributed by atoms with van der Waals surface area (Å²) < 4.78 is 16.6. The van der Waals surface area contributed by atoms with E-state index in [1.54, 1.807) is 0 Å². The quantitative estimate of drug-likeness (QED) is 0.862. The summed E-state index contributed by atoms with van der Waals surface area (Å²) in [5.74, 6) is 2.52. The summed E-state index contributed by atoms with van der Waals surface area (Å²) in [7, 11) is 0. The number of nitrogens with one attached hydrogen (secondary N) is 1. The third-order valence-corrected chi connectivity index (χ3v) is 3.67. The Kier molecular flexibility index (Phi) is 2.49. The molecule has 2 aliphatic rings. The summed E-state index contributed by atoms with van der Waals surface area (Å²) in [5, 5.41) is 3.52. The van der Waals surface area contributed by atoms with E-state index in [0.29, 0.717) is 13.4 Å². The van der Waals surface area contributed by atoms with Crippen LogP contribution in [0.25, 0.3) is 0 Å². The van der Waals surface area contributed by atoms with Crippen LogP contribution in [0.1, 0.15) is 17.2 Å². The molecule has 1 atom stereocenters. The third-order valence-electron chi connectivity index (χ3n) is 3.67. The van der Waals surface area contributed by atoms with Crippen molar-refractivity contribution in [3.8, 4) is 17.2 Å². The van der Waals surface area contributed by atoms with Gasteiger partial charge in [0.25, 0.3) is 0 Å². The lowest BCUT2D eigenvalue weighted by molar-refractivity contribution is 0.174. The van der Waals surface area contributed by atoms with Crippen molar-refractivity contribution in [3.05, 3.63) is 47.5 Å². The third kappa shape index (κ3) is 1.84. The maximum absolute atomic E-state index is 5.83. The molecule has 1 N–H and O–H groups in total. The van der Waals surface area contributed by atoms with Crippen molar-refractivity contribution in [2.75, 3.05) is 18.7 Å². The van der Waals surface area contributed by atoms with Crippen molar-refractivity contribution >= 4 is 5.69 Å². The molecule has 0 fully saturated rings. The van der Waals surface area contributed by atoms with Gasteiger partial charge in [-0.05, 0) is 42.3 Å². The highest BCUT2D eigenvalue weighted by Gasteiger charge is 2.23. The van der Waals surface area contributed by atoms with Gasteiger partial charge < -0.3 is 19.5 Å². The molecular formula is C16H15NO3. The minimum Gasteiger partial charge on any atom is -0.489 e. The van der Waals surface area contributed by atoms with Gasteiger partial charge in [-0.15, -0.1) is 0 Å². The molecule has 4 heteroatoms. The smallest absolute Gasteiger partial charge is 0.231 e. The van der Waals surface area contributed by atoms with E-state index in [2.05, 4.69) is 30.4 Å². The number of rotatable bonds is 1. The lowest BCUT2D eigenvalue weighted by Crippen LogP contribution is -2.23. The van der Waals surface area contributed by atoms with Crippen molar-refractivity contribution in [1.82, 2.24) is 0 Å². The second-order valence-corrected chi connectivity index (χ2v) is 5.12. The zero-order valence-corrected chi connectivity index (χ0v) is 11.2. The maximum atomic E-state index is 5.83. The highest BCUT2D eigenvalue weighted by atomic mass is 16.7. The fourth-order valence-corrected chi connectivity index (χ4v) is 2.59. The van der Waals surface area contributed by atoms with Crippen molar-refractivity contribution in [1.29, 1.82) is 0 Å². The number of anilines is 1. The molecule has 4 nitrogen and oxygen atoms in total. The summed E-state index contributed by atoms with van der Waals surface area (Å²) >= 11 is 0. The molecule has 2 aromatic carbocycles. The molecule has 0 saturated carbocycles. The zero-order chi connectivity index (χ0) is 13.5. The first kappa shape index (κ1) is 11.5. The summed E-state index contributed by atoms with van der Waals surface area (Å²) in [5.41, 5.74) is 3.39. The van der Waals surface area contributed by atoms with Crippen molar-refractivity contribution in [2.24, 2.45) is 0 Å². The van der Waals surface area contributed by atoms with Gasteiger partial charge in [-0.25, -0.2) is 0 Å². The first-order valence-corrected chi connectivity index (χ1v) is 6.69. The molecule has 4 rings (SSSR count). The van der Waals surface area contributed by atoms with Gasteiger partial charge in [0.05, 0.1) is 11.7 Å². The van der Waals surface area contributed by atoms with Crippen LogP contribution >= 0.6 is 0 Å². The molecule has 0 saturated heterocycles. The molecule has 0 bridgehead atoms. The standard InChI is InChI=1S/C16H15NO3/c1-10-2-4-14-12(6-10)17-13(8-18-14)11-3-5-15-16(7-11)20-9-19-15/h2-7,13,17H,8-9H2,1H3/t13-/m1/s1. The highest BCUT2D eigenvalue weighted by molar-refractivity contribution is 5.61. The Hall–Kier alpha value is -2.36. The van der Waals surface area contributed by atoms with E-state index in [1.807, 2.05) is 18.2 Å². The number of hydrogen-bond acceptors (Lipinski definition) is 4. The summed E-state index contributed by atoms with van der Waals surface area (Å²) in [6.07, 6.45) is 0. The fraction of sp³-hybridized carbons (Fsp3) is 0.250. The van der Waals surface area contributed by atoms with Gasteiger partial charge >= 0.3 is 0 Å². The minimum absolute atomic E-state index is 0.124. The van der Waals surface area contributed by atoms with Gasteiger partial charge in [0.15, 0.2) is 11.5 Å². The van der Waals surface area contributed by atoms with Crippen molar-refractivity contribution in [2.45, 2.75) is 13.0 Å². The van der Waals surface area contributed by atoms with Gasteiger partial charge in [0.1, 0.15) is 12.4 Å². The van der Waals surface area contributed by atoms with E-state index in [9.17, 15) is 0 Å². The number of fused-ring (bicyclic) bond motifs is 2. The normalized spacial score (nSPS) is 18.9. The number of ether oxygens (including phenoxy) is 3. The predicted molar refractivity (Wildman–Crippen MR) is 75.6 cm³/mol. The highest BCUT2D eigenvalue weighted by Crippen LogP contribution is 2.38. The molecule has 20 heavy (non-hydrogen) atoms. The van der Waals surface area contributed by atoms with Gasteiger partial charge in [-0.2, -0.15) is 0 Å². The van der Waals surface area contributed by atoms with Crippen LogP contribution in [0.3, 0.4) is 0 Å². The summed E-state index contributed by atoms with van der Waals surface area (Å²) in [4.78, 5) is 0. The zero-order valence-electron chi connectivity index (χ0n) is 11.2. The first-order valence-electron chi connectivity index (χ1n) is 6.69. The van der Waals surface area contributed by atoms with E-state index in [4.69, 9.17) is 14.2 Å². The van der Waals surface area contributed by atoms with Crippen LogP contribution < -0.4 is 19.5 Å². The average Bonchev–Trinajstić information content (AvgIpc) is 2.93. The molecule has 0 unspecified atom stereocenters. The molecule has 102 valence electrons. The Bertz CT molecular complexity index is 669. The van der Waals surface area contributed by atoms with Crippen LogP contribution in [0.5, 0.6) is 17.2 Å². The van der Waals surface area contributed by atoms with Crippen molar-refractivity contribution in [3.63, 3.8) is 0 Å². The molecule has 2 heterocycles. The molecule has 0 spiro atoms. The van der Waals surface area contributed by atoms with E-state index >= 15 is 0 Å². The Morgan fingerprint density at radius 3 is 2.75 bits per heavy atom. The number of aryl methyl sites for hydroxylation is 1. The maximum Gasteiger partial charge on any atom is 0.231 e. The SMILES string of the molecule is Cc1ccc2c(c1)N[C@@H](c1ccc3c(c1)OCO3)CO2. The molecule has 0 aromatic heterocycles. The molecule has 0 aliphatic carbocycles. The minimum atomic E-state index is 0.124. The molecule has 2 aromatic rings. The van der Waals surface area contributed by atoms with Crippen LogP contribution in [0.4, 0.5) is 5.69 Å². The Morgan fingerprint density at radius 2 is 1.80 bits per heavy atom. The Balaban J connectivity index is 1.64. The predicted octanol–water partition coefficient (Wildman–Crippen LogP) is 3.27. The number of benzene rings is 2. The molecular weight excluding hydrogens is 254 g/mol. The molecule has 0 radical (unpaired) electrons. The lowest BCUT2D eigenvalue weighted by Gasteiger charge is -2.28.